The fourth-order valence-corrected chi connectivity index (χ4v) is 2.95. The zero-order valence-electron chi connectivity index (χ0n) is 11.6. The summed E-state index contributed by atoms with van der Waals surface area (Å²) in [5.41, 5.74) is 7.04. The SMILES string of the molecule is COc1cccc([C@@H](N)[C@@H](O)C2CCCC2)c1OC. The summed E-state index contributed by atoms with van der Waals surface area (Å²) in [5.74, 6) is 1.56. The number of nitrogens with two attached hydrogens (primary N) is 1. The summed E-state index contributed by atoms with van der Waals surface area (Å²) in [6.07, 6.45) is 3.96. The Balaban J connectivity index is 2.24. The highest BCUT2D eigenvalue weighted by Crippen LogP contribution is 2.38. The van der Waals surface area contributed by atoms with Gasteiger partial charge in [0.15, 0.2) is 11.5 Å². The molecule has 1 saturated carbocycles. The predicted octanol–water partition coefficient (Wildman–Crippen LogP) is 2.25. The van der Waals surface area contributed by atoms with E-state index in [1.807, 2.05) is 18.2 Å². The first-order chi connectivity index (χ1) is 9.19. The van der Waals surface area contributed by atoms with E-state index in [1.165, 1.54) is 12.8 Å². The number of aliphatic hydroxyl groups is 1. The van der Waals surface area contributed by atoms with Crippen molar-refractivity contribution >= 4 is 0 Å². The molecule has 0 heterocycles. The van der Waals surface area contributed by atoms with Crippen molar-refractivity contribution in [2.45, 2.75) is 37.8 Å². The normalized spacial score (nSPS) is 19.2. The molecule has 0 spiro atoms. The van der Waals surface area contributed by atoms with Gasteiger partial charge in [0.05, 0.1) is 26.4 Å². The Morgan fingerprint density at radius 2 is 1.89 bits per heavy atom. The fourth-order valence-electron chi connectivity index (χ4n) is 2.95. The van der Waals surface area contributed by atoms with Crippen molar-refractivity contribution in [3.05, 3.63) is 23.8 Å². The first-order valence-electron chi connectivity index (χ1n) is 6.83. The lowest BCUT2D eigenvalue weighted by Gasteiger charge is -2.26. The van der Waals surface area contributed by atoms with Gasteiger partial charge in [0.25, 0.3) is 0 Å². The van der Waals surface area contributed by atoms with Gasteiger partial charge >= 0.3 is 0 Å². The lowest BCUT2D eigenvalue weighted by molar-refractivity contribution is 0.0834. The summed E-state index contributed by atoms with van der Waals surface area (Å²) < 4.78 is 10.7. The minimum Gasteiger partial charge on any atom is -0.493 e. The number of para-hydroxylation sites is 1. The summed E-state index contributed by atoms with van der Waals surface area (Å²) in [7, 11) is 3.19. The maximum absolute atomic E-state index is 10.4. The number of ether oxygens (including phenoxy) is 2. The van der Waals surface area contributed by atoms with Crippen molar-refractivity contribution in [3.63, 3.8) is 0 Å². The van der Waals surface area contributed by atoms with E-state index in [-0.39, 0.29) is 0 Å². The van der Waals surface area contributed by atoms with Crippen molar-refractivity contribution in [1.29, 1.82) is 0 Å². The van der Waals surface area contributed by atoms with E-state index in [0.717, 1.165) is 18.4 Å². The third kappa shape index (κ3) is 2.85. The van der Waals surface area contributed by atoms with E-state index in [1.54, 1.807) is 14.2 Å². The first kappa shape index (κ1) is 14.2. The van der Waals surface area contributed by atoms with Crippen LogP contribution in [0.15, 0.2) is 18.2 Å². The summed E-state index contributed by atoms with van der Waals surface area (Å²) in [4.78, 5) is 0. The molecule has 0 unspecified atom stereocenters. The molecule has 106 valence electrons. The quantitative estimate of drug-likeness (QED) is 0.857. The average molecular weight is 265 g/mol. The number of methoxy groups -OCH3 is 2. The van der Waals surface area contributed by atoms with Crippen LogP contribution in [0, 0.1) is 5.92 Å². The maximum atomic E-state index is 10.4. The molecule has 1 aliphatic rings. The molecule has 0 amide bonds. The molecule has 0 aromatic heterocycles. The van der Waals surface area contributed by atoms with E-state index in [2.05, 4.69) is 0 Å². The minimum atomic E-state index is -0.525. The molecule has 0 radical (unpaired) electrons. The molecule has 0 bridgehead atoms. The highest BCUT2D eigenvalue weighted by atomic mass is 16.5. The maximum Gasteiger partial charge on any atom is 0.165 e. The van der Waals surface area contributed by atoms with Crippen molar-refractivity contribution in [2.75, 3.05) is 14.2 Å². The van der Waals surface area contributed by atoms with Gasteiger partial charge in [-0.05, 0) is 24.8 Å². The van der Waals surface area contributed by atoms with Crippen LogP contribution in [0.25, 0.3) is 0 Å². The molecule has 19 heavy (non-hydrogen) atoms. The number of rotatable bonds is 5. The lowest BCUT2D eigenvalue weighted by atomic mass is 9.90. The molecule has 4 nitrogen and oxygen atoms in total. The minimum absolute atomic E-state index is 0.297. The summed E-state index contributed by atoms with van der Waals surface area (Å²) in [6.45, 7) is 0. The second-order valence-electron chi connectivity index (χ2n) is 5.14. The first-order valence-corrected chi connectivity index (χ1v) is 6.83. The van der Waals surface area contributed by atoms with Gasteiger partial charge in [0.1, 0.15) is 0 Å². The van der Waals surface area contributed by atoms with Gasteiger partial charge in [-0.15, -0.1) is 0 Å². The number of benzene rings is 1. The van der Waals surface area contributed by atoms with Crippen LogP contribution in [-0.4, -0.2) is 25.4 Å². The van der Waals surface area contributed by atoms with Crippen LogP contribution in [0.1, 0.15) is 37.3 Å². The van der Waals surface area contributed by atoms with Gasteiger partial charge in [-0.25, -0.2) is 0 Å². The van der Waals surface area contributed by atoms with Crippen LogP contribution >= 0.6 is 0 Å². The Labute approximate surface area is 114 Å². The number of hydrogen-bond acceptors (Lipinski definition) is 4. The zero-order chi connectivity index (χ0) is 13.8. The Hall–Kier alpha value is -1.26. The molecule has 2 atom stereocenters. The average Bonchev–Trinajstić information content (AvgIpc) is 2.98. The van der Waals surface area contributed by atoms with Crippen molar-refractivity contribution in [1.82, 2.24) is 0 Å². The largest absolute Gasteiger partial charge is 0.493 e. The van der Waals surface area contributed by atoms with Gasteiger partial charge in [-0.1, -0.05) is 25.0 Å². The third-order valence-electron chi connectivity index (χ3n) is 4.04. The molecule has 4 heteroatoms. The Morgan fingerprint density at radius 1 is 1.21 bits per heavy atom. The fraction of sp³-hybridized carbons (Fsp3) is 0.600. The summed E-state index contributed by atoms with van der Waals surface area (Å²) in [5, 5.41) is 10.4. The Kier molecular flexibility index (Phi) is 4.66. The number of aliphatic hydroxyl groups excluding tert-OH is 1. The molecular formula is C15H23NO3. The van der Waals surface area contributed by atoms with Gasteiger partial charge in [-0.3, -0.25) is 0 Å². The molecule has 1 aromatic carbocycles. The van der Waals surface area contributed by atoms with Crippen molar-refractivity contribution < 1.29 is 14.6 Å². The van der Waals surface area contributed by atoms with Crippen LogP contribution in [-0.2, 0) is 0 Å². The highest BCUT2D eigenvalue weighted by Gasteiger charge is 2.30. The standard InChI is InChI=1S/C15H23NO3/c1-18-12-9-5-8-11(15(12)19-2)13(16)14(17)10-6-3-4-7-10/h5,8-10,13-14,17H,3-4,6-7,16H2,1-2H3/t13-,14+/m1/s1. The Bertz CT molecular complexity index is 416. The topological polar surface area (TPSA) is 64.7 Å². The van der Waals surface area contributed by atoms with Crippen LogP contribution in [0.3, 0.4) is 0 Å². The van der Waals surface area contributed by atoms with E-state index >= 15 is 0 Å². The zero-order valence-corrected chi connectivity index (χ0v) is 11.6. The van der Waals surface area contributed by atoms with Gasteiger partial charge in [0.2, 0.25) is 0 Å². The number of hydrogen-bond donors (Lipinski definition) is 2. The van der Waals surface area contributed by atoms with E-state index in [0.29, 0.717) is 17.4 Å². The molecule has 1 fully saturated rings. The van der Waals surface area contributed by atoms with Crippen LogP contribution in [0.2, 0.25) is 0 Å². The Morgan fingerprint density at radius 3 is 2.47 bits per heavy atom. The third-order valence-corrected chi connectivity index (χ3v) is 4.04. The van der Waals surface area contributed by atoms with E-state index in [4.69, 9.17) is 15.2 Å². The second-order valence-corrected chi connectivity index (χ2v) is 5.14. The summed E-state index contributed by atoms with van der Waals surface area (Å²) in [6, 6.07) is 5.16. The van der Waals surface area contributed by atoms with Crippen molar-refractivity contribution in [2.24, 2.45) is 11.7 Å². The van der Waals surface area contributed by atoms with Crippen molar-refractivity contribution in [3.8, 4) is 11.5 Å². The molecular weight excluding hydrogens is 242 g/mol. The molecule has 0 saturated heterocycles. The predicted molar refractivity (Wildman–Crippen MR) is 74.4 cm³/mol. The van der Waals surface area contributed by atoms with Gasteiger partial charge < -0.3 is 20.3 Å². The molecule has 1 aromatic rings. The molecule has 1 aliphatic carbocycles. The van der Waals surface area contributed by atoms with Crippen LogP contribution in [0.4, 0.5) is 0 Å². The lowest BCUT2D eigenvalue weighted by Crippen LogP contribution is -2.32. The van der Waals surface area contributed by atoms with Crippen LogP contribution in [0.5, 0.6) is 11.5 Å². The monoisotopic (exact) mass is 265 g/mol. The highest BCUT2D eigenvalue weighted by molar-refractivity contribution is 5.48. The van der Waals surface area contributed by atoms with E-state index in [9.17, 15) is 5.11 Å². The van der Waals surface area contributed by atoms with Crippen LogP contribution < -0.4 is 15.2 Å². The van der Waals surface area contributed by atoms with E-state index < -0.39 is 12.1 Å². The summed E-state index contributed by atoms with van der Waals surface area (Å²) >= 11 is 0. The molecule has 3 N–H and O–H groups in total. The van der Waals surface area contributed by atoms with Gasteiger partial charge in [0, 0.05) is 5.56 Å². The smallest absolute Gasteiger partial charge is 0.165 e. The molecule has 0 aliphatic heterocycles. The second kappa shape index (κ2) is 6.26. The van der Waals surface area contributed by atoms with Gasteiger partial charge in [-0.2, -0.15) is 0 Å². The molecule has 2 rings (SSSR count).